The lowest BCUT2D eigenvalue weighted by molar-refractivity contribution is 1.17. The molecule has 0 unspecified atom stereocenters. The molecule has 0 aromatic carbocycles. The lowest BCUT2D eigenvalue weighted by atomic mass is 10.1. The molecule has 0 radical (unpaired) electrons. The fraction of sp³-hybridized carbons (Fsp3) is 0. The van der Waals surface area contributed by atoms with E-state index in [0.29, 0.717) is 0 Å². The molecule has 0 N–H and O–H groups in total. The van der Waals surface area contributed by atoms with Gasteiger partial charge in [0.2, 0.25) is 10.9 Å². The Balaban J connectivity index is 3.17. The highest BCUT2D eigenvalue weighted by atomic mass is 16.2. The van der Waals surface area contributed by atoms with Gasteiger partial charge in [-0.25, -0.2) is 4.98 Å². The maximum Gasteiger partial charge on any atom is 0.318 e. The fourth-order valence-electron chi connectivity index (χ4n) is 1.17. The van der Waals surface area contributed by atoms with Crippen LogP contribution >= 0.6 is 0 Å². The zero-order valence-electron chi connectivity index (χ0n) is 6.81. The number of rotatable bonds is 0. The van der Waals surface area contributed by atoms with Crippen LogP contribution in [-0.4, -0.2) is 4.98 Å². The first-order valence-electron chi connectivity index (χ1n) is 3.75. The van der Waals surface area contributed by atoms with E-state index in [1.165, 1.54) is 0 Å². The zero-order chi connectivity index (χ0) is 10.3. The minimum atomic E-state index is -1.01. The molecule has 2 rings (SSSR count). The average Bonchev–Trinajstić information content (AvgIpc) is 2.15. The molecule has 0 saturated carbocycles. The van der Waals surface area contributed by atoms with Crippen molar-refractivity contribution in [2.75, 3.05) is 0 Å². The first-order valence-corrected chi connectivity index (χ1v) is 3.75. The lowest BCUT2D eigenvalue weighted by Gasteiger charge is -1.96. The van der Waals surface area contributed by atoms with E-state index in [9.17, 15) is 19.2 Å². The molecule has 0 aromatic heterocycles. The molecule has 1 heterocycles. The molecule has 0 fully saturated rings. The van der Waals surface area contributed by atoms with Crippen molar-refractivity contribution in [2.24, 2.45) is 0 Å². The molecule has 1 aliphatic heterocycles. The van der Waals surface area contributed by atoms with Gasteiger partial charge in [-0.2, -0.15) is 0 Å². The third kappa shape index (κ3) is 1.06. The van der Waals surface area contributed by atoms with Gasteiger partial charge in [-0.05, 0) is 12.1 Å². The van der Waals surface area contributed by atoms with Crippen LogP contribution in [0.15, 0.2) is 37.4 Å². The number of nitrogens with zero attached hydrogens (tertiary/aromatic N) is 1. The summed E-state index contributed by atoms with van der Waals surface area (Å²) in [6.07, 6.45) is 0. The molecule has 5 nitrogen and oxygen atoms in total. The molecule has 0 saturated heterocycles. The molecule has 5 heteroatoms. The van der Waals surface area contributed by atoms with Gasteiger partial charge in [0.15, 0.2) is 5.43 Å². The fourth-order valence-corrected chi connectivity index (χ4v) is 1.17. The standard InChI is InChI=1S/C9H3NO4/c11-5-1-2-6(12)8-4(5)3-7(13)9(14)10-8/h1-3H. The van der Waals surface area contributed by atoms with Crippen molar-refractivity contribution < 1.29 is 0 Å². The summed E-state index contributed by atoms with van der Waals surface area (Å²) in [5.41, 5.74) is -3.23. The van der Waals surface area contributed by atoms with Crippen molar-refractivity contribution in [3.8, 4) is 11.3 Å². The molecule has 14 heavy (non-hydrogen) atoms. The smallest absolute Gasteiger partial charge is 0.289 e. The maximum absolute atomic E-state index is 11.2. The van der Waals surface area contributed by atoms with Gasteiger partial charge < -0.3 is 0 Å². The summed E-state index contributed by atoms with van der Waals surface area (Å²) in [6.45, 7) is 0. The van der Waals surface area contributed by atoms with E-state index in [-0.39, 0.29) is 11.3 Å². The van der Waals surface area contributed by atoms with Gasteiger partial charge in [0.05, 0.1) is 5.56 Å². The Labute approximate surface area is 76.3 Å². The van der Waals surface area contributed by atoms with Gasteiger partial charge in [0.1, 0.15) is 5.69 Å². The molecule has 1 aliphatic carbocycles. The molecule has 2 aliphatic rings. The van der Waals surface area contributed by atoms with E-state index in [0.717, 1.165) is 18.2 Å². The first kappa shape index (κ1) is 8.43. The Kier molecular flexibility index (Phi) is 1.60. The number of hydrogen-bond donors (Lipinski definition) is 0. The molecule has 0 atom stereocenters. The maximum atomic E-state index is 11.2. The number of benzene rings is 1. The monoisotopic (exact) mass is 189 g/mol. The van der Waals surface area contributed by atoms with Crippen LogP contribution in [0.4, 0.5) is 0 Å². The van der Waals surface area contributed by atoms with Crippen LogP contribution < -0.4 is 21.8 Å². The second kappa shape index (κ2) is 2.66. The van der Waals surface area contributed by atoms with Crippen molar-refractivity contribution in [3.63, 3.8) is 0 Å². The van der Waals surface area contributed by atoms with E-state index in [2.05, 4.69) is 4.98 Å². The summed E-state index contributed by atoms with van der Waals surface area (Å²) in [6, 6.07) is 2.94. The number of fused-ring (bicyclic) bond motifs is 1. The van der Waals surface area contributed by atoms with Crippen LogP contribution in [0.3, 0.4) is 0 Å². The normalized spacial score (nSPS) is 10.6. The van der Waals surface area contributed by atoms with E-state index in [4.69, 9.17) is 0 Å². The number of hydrogen-bond acceptors (Lipinski definition) is 5. The van der Waals surface area contributed by atoms with Crippen LogP contribution in [0.1, 0.15) is 0 Å². The minimum Gasteiger partial charge on any atom is -0.289 e. The van der Waals surface area contributed by atoms with E-state index in [1.54, 1.807) is 0 Å². The molecular weight excluding hydrogens is 186 g/mol. The van der Waals surface area contributed by atoms with Crippen LogP contribution in [-0.2, 0) is 0 Å². The molecule has 0 aromatic rings. The third-order valence-corrected chi connectivity index (χ3v) is 1.84. The van der Waals surface area contributed by atoms with E-state index in [1.807, 2.05) is 0 Å². The van der Waals surface area contributed by atoms with Crippen LogP contribution in [0, 0.1) is 0 Å². The van der Waals surface area contributed by atoms with Gasteiger partial charge in [-0.3, -0.25) is 19.2 Å². The molecule has 0 bridgehead atoms. The number of aromatic nitrogens is 1. The van der Waals surface area contributed by atoms with Crippen LogP contribution in [0.5, 0.6) is 0 Å². The molecule has 0 spiro atoms. The SMILES string of the molecule is O=c1ccc(=O)c2nc(=O)c(=O)cc1-2. The summed E-state index contributed by atoms with van der Waals surface area (Å²) in [7, 11) is 0. The van der Waals surface area contributed by atoms with Gasteiger partial charge in [0.25, 0.3) is 0 Å². The van der Waals surface area contributed by atoms with Gasteiger partial charge in [0, 0.05) is 6.07 Å². The highest BCUT2D eigenvalue weighted by Gasteiger charge is 2.13. The molecule has 0 amide bonds. The zero-order valence-corrected chi connectivity index (χ0v) is 6.81. The van der Waals surface area contributed by atoms with Crippen LogP contribution in [0.25, 0.3) is 11.3 Å². The van der Waals surface area contributed by atoms with Gasteiger partial charge in [-0.1, -0.05) is 0 Å². The van der Waals surface area contributed by atoms with Crippen molar-refractivity contribution in [1.29, 1.82) is 0 Å². The highest BCUT2D eigenvalue weighted by molar-refractivity contribution is 5.59. The van der Waals surface area contributed by atoms with Crippen molar-refractivity contribution >= 4 is 0 Å². The largest absolute Gasteiger partial charge is 0.318 e. The number of pyridine rings is 1. The predicted octanol–water partition coefficient (Wildman–Crippen LogP) is -1.50. The highest BCUT2D eigenvalue weighted by Crippen LogP contribution is 2.02. The van der Waals surface area contributed by atoms with Crippen LogP contribution in [0.2, 0.25) is 0 Å². The van der Waals surface area contributed by atoms with Gasteiger partial charge in [-0.15, -0.1) is 0 Å². The topological polar surface area (TPSA) is 81.2 Å². The summed E-state index contributed by atoms with van der Waals surface area (Å²) >= 11 is 0. The van der Waals surface area contributed by atoms with Gasteiger partial charge >= 0.3 is 5.56 Å². The van der Waals surface area contributed by atoms with Crippen molar-refractivity contribution in [2.45, 2.75) is 0 Å². The minimum absolute atomic E-state index is 0.0953. The van der Waals surface area contributed by atoms with E-state index < -0.39 is 21.8 Å². The summed E-state index contributed by atoms with van der Waals surface area (Å²) in [5, 5.41) is 0. The molecule has 68 valence electrons. The Bertz CT molecular complexity index is 607. The second-order valence-corrected chi connectivity index (χ2v) is 2.75. The summed E-state index contributed by atoms with van der Waals surface area (Å²) < 4.78 is 0. The quantitative estimate of drug-likeness (QED) is 0.471. The first-order chi connectivity index (χ1) is 6.59. The average molecular weight is 189 g/mol. The second-order valence-electron chi connectivity index (χ2n) is 2.75. The third-order valence-electron chi connectivity index (χ3n) is 1.84. The van der Waals surface area contributed by atoms with E-state index >= 15 is 0 Å². The lowest BCUT2D eigenvalue weighted by Crippen LogP contribution is -2.31. The Morgan fingerprint density at radius 3 is 2.21 bits per heavy atom. The van der Waals surface area contributed by atoms with Crippen molar-refractivity contribution in [3.05, 3.63) is 59.2 Å². The predicted molar refractivity (Wildman–Crippen MR) is 48.3 cm³/mol. The molecular formula is C9H3NO4. The Hall–Kier alpha value is -2.17. The van der Waals surface area contributed by atoms with Crippen molar-refractivity contribution in [1.82, 2.24) is 4.98 Å². The summed E-state index contributed by atoms with van der Waals surface area (Å²) in [5.74, 6) is 0. The summed E-state index contributed by atoms with van der Waals surface area (Å²) in [4.78, 5) is 47.3. The Morgan fingerprint density at radius 1 is 0.857 bits per heavy atom. The Morgan fingerprint density at radius 2 is 1.50 bits per heavy atom.